The summed E-state index contributed by atoms with van der Waals surface area (Å²) in [5.74, 6) is 4.61. The maximum absolute atomic E-state index is 6.34. The summed E-state index contributed by atoms with van der Waals surface area (Å²) in [7, 11) is 0.460. The third-order valence-electron chi connectivity index (χ3n) is 5.64. The normalized spacial score (nSPS) is 20.3. The van der Waals surface area contributed by atoms with Crippen molar-refractivity contribution in [2.75, 3.05) is 18.1 Å². The number of rotatable bonds is 4. The minimum absolute atomic E-state index is 0.460. The third kappa shape index (κ3) is 3.59. The van der Waals surface area contributed by atoms with Crippen LogP contribution in [0.15, 0.2) is 41.3 Å². The van der Waals surface area contributed by atoms with Crippen LogP contribution in [0.1, 0.15) is 51.4 Å². The largest absolute Gasteiger partial charge is 0.493 e. The highest BCUT2D eigenvalue weighted by atomic mass is 32.2. The predicted molar refractivity (Wildman–Crippen MR) is 105 cm³/mol. The van der Waals surface area contributed by atoms with Gasteiger partial charge in [-0.1, -0.05) is 43.9 Å². The molecule has 1 saturated heterocycles. The Morgan fingerprint density at radius 2 is 1.50 bits per heavy atom. The number of hydrogen-bond donors (Lipinski definition) is 0. The van der Waals surface area contributed by atoms with Crippen molar-refractivity contribution in [2.45, 2.75) is 56.3 Å². The Labute approximate surface area is 149 Å². The van der Waals surface area contributed by atoms with Crippen LogP contribution in [0.25, 0.3) is 10.8 Å². The quantitative estimate of drug-likeness (QED) is 0.492. The van der Waals surface area contributed by atoms with E-state index in [1.165, 1.54) is 73.6 Å². The zero-order valence-corrected chi connectivity index (χ0v) is 15.5. The molecule has 2 aromatic rings. The highest BCUT2D eigenvalue weighted by molar-refractivity contribution is 7.97. The van der Waals surface area contributed by atoms with Gasteiger partial charge >= 0.3 is 0 Å². The van der Waals surface area contributed by atoms with Crippen LogP contribution in [0.5, 0.6) is 5.75 Å². The summed E-state index contributed by atoms with van der Waals surface area (Å²) in [5.41, 5.74) is 0. The minimum Gasteiger partial charge on any atom is -0.493 e. The number of hydrogen-bond acceptors (Lipinski definition) is 1. The number of fused-ring (bicyclic) bond motifs is 1. The molecule has 0 unspecified atom stereocenters. The molecule has 2 aliphatic rings. The van der Waals surface area contributed by atoms with Crippen LogP contribution in [0.2, 0.25) is 0 Å². The van der Waals surface area contributed by atoms with Gasteiger partial charge in [-0.15, -0.1) is 0 Å². The van der Waals surface area contributed by atoms with Gasteiger partial charge in [0, 0.05) is 21.7 Å². The lowest BCUT2D eigenvalue weighted by molar-refractivity contribution is 0.236. The van der Waals surface area contributed by atoms with Crippen molar-refractivity contribution in [1.29, 1.82) is 0 Å². The second-order valence-corrected chi connectivity index (χ2v) is 9.63. The van der Waals surface area contributed by atoms with Gasteiger partial charge in [0.1, 0.15) is 17.3 Å². The van der Waals surface area contributed by atoms with E-state index in [4.69, 9.17) is 4.74 Å². The second kappa shape index (κ2) is 7.82. The Kier molecular flexibility index (Phi) is 5.32. The molecule has 4 rings (SSSR count). The Bertz CT molecular complexity index is 667. The molecule has 24 heavy (non-hydrogen) atoms. The van der Waals surface area contributed by atoms with Crippen LogP contribution in [0, 0.1) is 5.92 Å². The summed E-state index contributed by atoms with van der Waals surface area (Å²) >= 11 is 0. The van der Waals surface area contributed by atoms with Crippen LogP contribution < -0.4 is 4.74 Å². The van der Waals surface area contributed by atoms with E-state index in [9.17, 15) is 0 Å². The molecule has 1 aliphatic heterocycles. The lowest BCUT2D eigenvalue weighted by atomic mass is 10.0. The standard InChI is InChI=1S/C22H29OS/c1-2-4-10-18(9-3-1)17-23-21-13-14-22(24-15-7-8-16-24)20-12-6-5-11-19(20)21/h5-6,11-14,18H,1-4,7-10,15-17H2/q+1. The van der Waals surface area contributed by atoms with Gasteiger partial charge in [0.05, 0.1) is 6.61 Å². The number of benzene rings is 2. The molecule has 128 valence electrons. The fourth-order valence-electron chi connectivity index (χ4n) is 4.23. The van der Waals surface area contributed by atoms with Gasteiger partial charge in [-0.3, -0.25) is 0 Å². The second-order valence-electron chi connectivity index (χ2n) is 7.38. The molecule has 0 amide bonds. The van der Waals surface area contributed by atoms with E-state index in [1.807, 2.05) is 0 Å². The zero-order valence-electron chi connectivity index (χ0n) is 14.6. The Morgan fingerprint density at radius 1 is 0.792 bits per heavy atom. The molecule has 0 spiro atoms. The SMILES string of the molecule is c1ccc2c([S+]3CCCC3)ccc(OCC3CCCCCC3)c2c1. The predicted octanol–water partition coefficient (Wildman–Crippen LogP) is 5.96. The molecule has 1 aliphatic carbocycles. The van der Waals surface area contributed by atoms with Crippen LogP contribution in [-0.2, 0) is 10.9 Å². The van der Waals surface area contributed by atoms with E-state index in [2.05, 4.69) is 36.4 Å². The van der Waals surface area contributed by atoms with E-state index in [0.29, 0.717) is 10.9 Å². The first kappa shape index (κ1) is 16.3. The first-order chi connectivity index (χ1) is 11.9. The fraction of sp³-hybridized carbons (Fsp3) is 0.545. The minimum atomic E-state index is 0.460. The summed E-state index contributed by atoms with van der Waals surface area (Å²) < 4.78 is 6.34. The Balaban J connectivity index is 1.56. The molecule has 1 heterocycles. The lowest BCUT2D eigenvalue weighted by Crippen LogP contribution is -2.12. The van der Waals surface area contributed by atoms with Gasteiger partial charge in [-0.05, 0) is 49.8 Å². The van der Waals surface area contributed by atoms with E-state index >= 15 is 0 Å². The average molecular weight is 342 g/mol. The molecule has 0 N–H and O–H groups in total. The van der Waals surface area contributed by atoms with Gasteiger partial charge in [-0.2, -0.15) is 0 Å². The molecule has 2 aromatic carbocycles. The van der Waals surface area contributed by atoms with Gasteiger partial charge in [0.2, 0.25) is 0 Å². The van der Waals surface area contributed by atoms with Crippen LogP contribution in [0.3, 0.4) is 0 Å². The summed E-state index contributed by atoms with van der Waals surface area (Å²) in [6, 6.07) is 13.5. The van der Waals surface area contributed by atoms with Crippen LogP contribution >= 0.6 is 0 Å². The van der Waals surface area contributed by atoms with E-state index < -0.39 is 0 Å². The molecule has 2 fully saturated rings. The first-order valence-electron chi connectivity index (χ1n) is 9.74. The van der Waals surface area contributed by atoms with Crippen molar-refractivity contribution < 1.29 is 4.74 Å². The average Bonchev–Trinajstić information content (AvgIpc) is 3.03. The molecule has 1 nitrogen and oxygen atoms in total. The molecule has 0 bridgehead atoms. The van der Waals surface area contributed by atoms with Crippen molar-refractivity contribution in [3.05, 3.63) is 36.4 Å². The Hall–Kier alpha value is -1.15. The van der Waals surface area contributed by atoms with Gasteiger partial charge in [0.25, 0.3) is 0 Å². The molecule has 1 saturated carbocycles. The van der Waals surface area contributed by atoms with E-state index in [1.54, 1.807) is 4.90 Å². The topological polar surface area (TPSA) is 9.23 Å². The van der Waals surface area contributed by atoms with Gasteiger partial charge in [-0.25, -0.2) is 0 Å². The summed E-state index contributed by atoms with van der Waals surface area (Å²) in [6.45, 7) is 0.898. The van der Waals surface area contributed by atoms with Gasteiger partial charge in [0.15, 0.2) is 4.90 Å². The molecular weight excluding hydrogens is 312 g/mol. The first-order valence-corrected chi connectivity index (χ1v) is 11.3. The van der Waals surface area contributed by atoms with Crippen LogP contribution in [0.4, 0.5) is 0 Å². The third-order valence-corrected chi connectivity index (χ3v) is 8.18. The summed E-state index contributed by atoms with van der Waals surface area (Å²) in [6.07, 6.45) is 11.1. The monoisotopic (exact) mass is 341 g/mol. The Morgan fingerprint density at radius 3 is 2.25 bits per heavy atom. The van der Waals surface area contributed by atoms with Crippen molar-refractivity contribution in [3.63, 3.8) is 0 Å². The molecule has 0 radical (unpaired) electrons. The highest BCUT2D eigenvalue weighted by Gasteiger charge is 2.29. The van der Waals surface area contributed by atoms with Crippen molar-refractivity contribution in [3.8, 4) is 5.75 Å². The molecule has 0 aromatic heterocycles. The number of ether oxygens (including phenoxy) is 1. The molecular formula is C22H29OS+. The van der Waals surface area contributed by atoms with Crippen molar-refractivity contribution >= 4 is 21.7 Å². The summed E-state index contributed by atoms with van der Waals surface area (Å²) in [4.78, 5) is 1.57. The van der Waals surface area contributed by atoms with Gasteiger partial charge < -0.3 is 4.74 Å². The van der Waals surface area contributed by atoms with Crippen molar-refractivity contribution in [1.82, 2.24) is 0 Å². The maximum atomic E-state index is 6.34. The maximum Gasteiger partial charge on any atom is 0.162 e. The zero-order chi connectivity index (χ0) is 16.2. The highest BCUT2D eigenvalue weighted by Crippen LogP contribution is 2.35. The summed E-state index contributed by atoms with van der Waals surface area (Å²) in [5, 5.41) is 2.75. The lowest BCUT2D eigenvalue weighted by Gasteiger charge is -2.17. The molecule has 0 atom stereocenters. The molecule has 2 heteroatoms. The van der Waals surface area contributed by atoms with Crippen molar-refractivity contribution in [2.24, 2.45) is 5.92 Å². The van der Waals surface area contributed by atoms with E-state index in [0.717, 1.165) is 18.3 Å². The smallest absolute Gasteiger partial charge is 0.162 e. The van der Waals surface area contributed by atoms with Crippen LogP contribution in [-0.4, -0.2) is 18.1 Å². The fourth-order valence-corrected chi connectivity index (χ4v) is 6.73. The van der Waals surface area contributed by atoms with E-state index in [-0.39, 0.29) is 0 Å².